The van der Waals surface area contributed by atoms with Crippen LogP contribution in [0.15, 0.2) is 86.6 Å². The lowest BCUT2D eigenvalue weighted by atomic mass is 10.1. The Hall–Kier alpha value is -2.69. The summed E-state index contributed by atoms with van der Waals surface area (Å²) in [7, 11) is -1.09. The molecule has 0 saturated heterocycles. The molecule has 0 heterocycles. The summed E-state index contributed by atoms with van der Waals surface area (Å²) in [5, 5.41) is 0. The van der Waals surface area contributed by atoms with E-state index in [4.69, 9.17) is 0 Å². The number of anilines is 1. The van der Waals surface area contributed by atoms with Crippen LogP contribution in [0.25, 0.3) is 0 Å². The summed E-state index contributed by atoms with van der Waals surface area (Å²) in [5.41, 5.74) is 2.69. The zero-order valence-electron chi connectivity index (χ0n) is 21.5. The van der Waals surface area contributed by atoms with Crippen molar-refractivity contribution >= 4 is 59.5 Å². The van der Waals surface area contributed by atoms with Gasteiger partial charge in [-0.2, -0.15) is 0 Å². The maximum atomic E-state index is 13.0. The van der Waals surface area contributed by atoms with Gasteiger partial charge >= 0.3 is 11.9 Å². The summed E-state index contributed by atoms with van der Waals surface area (Å²) in [5.74, 6) is -0.603. The summed E-state index contributed by atoms with van der Waals surface area (Å²) in [4.78, 5) is 22.5. The van der Waals surface area contributed by atoms with E-state index in [-0.39, 0.29) is 23.8 Å². The van der Waals surface area contributed by atoms with Crippen molar-refractivity contribution in [1.82, 2.24) is 0 Å². The fourth-order valence-corrected chi connectivity index (χ4v) is 5.67. The summed E-state index contributed by atoms with van der Waals surface area (Å²) in [6, 6.07) is 21.7. The minimum Gasteiger partial charge on any atom is -0.469 e. The molecule has 0 spiro atoms. The maximum Gasteiger partial charge on any atom is 0.307 e. The van der Waals surface area contributed by atoms with Crippen LogP contribution in [0.2, 0.25) is 0 Å². The third kappa shape index (κ3) is 10.2. The highest BCUT2D eigenvalue weighted by molar-refractivity contribution is 9.10. The van der Waals surface area contributed by atoms with Gasteiger partial charge in [-0.05, 0) is 67.8 Å². The average Bonchev–Trinajstić information content (AvgIpc) is 2.89. The number of benzene rings is 3. The first-order chi connectivity index (χ1) is 18.1. The van der Waals surface area contributed by atoms with E-state index in [1.807, 2.05) is 19.1 Å². The van der Waals surface area contributed by atoms with Crippen LogP contribution in [0.5, 0.6) is 0 Å². The molecule has 38 heavy (non-hydrogen) atoms. The summed E-state index contributed by atoms with van der Waals surface area (Å²) < 4.78 is 38.3. The van der Waals surface area contributed by atoms with E-state index in [9.17, 15) is 18.0 Å². The molecular weight excluding hydrogens is 638 g/mol. The Morgan fingerprint density at radius 1 is 0.816 bits per heavy atom. The summed E-state index contributed by atoms with van der Waals surface area (Å²) >= 11 is 6.75. The molecule has 10 heteroatoms. The number of hydrogen-bond acceptors (Lipinski definition) is 6. The zero-order chi connectivity index (χ0) is 28.1. The number of rotatable bonds is 10. The summed E-state index contributed by atoms with van der Waals surface area (Å²) in [6.07, 6.45) is 2.20. The minimum absolute atomic E-state index is 0.000658. The monoisotopic (exact) mass is 667 g/mol. The normalized spacial score (nSPS) is 10.7. The molecule has 3 aromatic rings. The van der Waals surface area contributed by atoms with Gasteiger partial charge in [0.2, 0.25) is 0 Å². The largest absolute Gasteiger partial charge is 0.469 e. The number of nitrogens with zero attached hydrogens (tertiary/aromatic N) is 1. The molecule has 204 valence electrons. The zero-order valence-corrected chi connectivity index (χ0v) is 25.5. The van der Waals surface area contributed by atoms with E-state index in [1.54, 1.807) is 48.5 Å². The van der Waals surface area contributed by atoms with Crippen molar-refractivity contribution in [1.29, 1.82) is 0 Å². The third-order valence-electron chi connectivity index (χ3n) is 5.41. The fourth-order valence-electron chi connectivity index (χ4n) is 3.38. The number of ether oxygens (including phenoxy) is 2. The van der Waals surface area contributed by atoms with Crippen LogP contribution in [0.4, 0.5) is 5.69 Å². The van der Waals surface area contributed by atoms with Crippen LogP contribution < -0.4 is 4.31 Å². The highest BCUT2D eigenvalue weighted by Crippen LogP contribution is 2.27. The predicted octanol–water partition coefficient (Wildman–Crippen LogP) is 6.46. The molecule has 3 rings (SSSR count). The van der Waals surface area contributed by atoms with Crippen LogP contribution in [0.3, 0.4) is 0 Å². The minimum atomic E-state index is -3.79. The van der Waals surface area contributed by atoms with E-state index in [2.05, 4.69) is 53.5 Å². The highest BCUT2D eigenvalue weighted by atomic mass is 79.9. The SMILES string of the molecule is COC(=O)CCCc1cccc(Br)c1.COC(=O)CCN(c1cccc(Br)c1)S(=O)(=O)c1ccc(C)cc1. The van der Waals surface area contributed by atoms with Gasteiger partial charge in [-0.15, -0.1) is 0 Å². The van der Waals surface area contributed by atoms with Gasteiger partial charge in [-0.25, -0.2) is 8.42 Å². The van der Waals surface area contributed by atoms with Crippen molar-refractivity contribution in [3.05, 3.63) is 92.9 Å². The number of sulfonamides is 1. The molecule has 0 radical (unpaired) electrons. The Labute approximate surface area is 241 Å². The third-order valence-corrected chi connectivity index (χ3v) is 8.24. The topological polar surface area (TPSA) is 90.0 Å². The Bertz CT molecular complexity index is 1310. The van der Waals surface area contributed by atoms with Gasteiger partial charge in [-0.3, -0.25) is 13.9 Å². The van der Waals surface area contributed by atoms with Crippen molar-refractivity contribution in [2.75, 3.05) is 25.1 Å². The first-order valence-electron chi connectivity index (χ1n) is 11.8. The molecule has 0 aliphatic heterocycles. The lowest BCUT2D eigenvalue weighted by Crippen LogP contribution is -2.33. The van der Waals surface area contributed by atoms with Gasteiger partial charge in [-0.1, -0.05) is 67.8 Å². The maximum absolute atomic E-state index is 13.0. The van der Waals surface area contributed by atoms with Gasteiger partial charge in [0, 0.05) is 21.9 Å². The molecule has 0 aliphatic rings. The van der Waals surface area contributed by atoms with Gasteiger partial charge < -0.3 is 9.47 Å². The van der Waals surface area contributed by atoms with Crippen LogP contribution >= 0.6 is 31.9 Å². The standard InChI is InChI=1S/C17H18BrNO4S.C11H13BrO2/c1-13-6-8-16(9-7-13)24(21,22)19(11-10-17(20)23-2)15-5-3-4-14(18)12-15;1-14-11(13)7-3-5-9-4-2-6-10(12)8-9/h3-9,12H,10-11H2,1-2H3;2,4,6,8H,3,5,7H2,1H3. The fraction of sp³-hybridized carbons (Fsp3) is 0.286. The Morgan fingerprint density at radius 2 is 1.39 bits per heavy atom. The van der Waals surface area contributed by atoms with Gasteiger partial charge in [0.05, 0.1) is 31.2 Å². The van der Waals surface area contributed by atoms with E-state index >= 15 is 0 Å². The number of carbonyl (C=O) groups excluding carboxylic acids is 2. The second-order valence-electron chi connectivity index (χ2n) is 8.26. The molecule has 0 unspecified atom stereocenters. The van der Waals surface area contributed by atoms with E-state index in [0.717, 1.165) is 27.4 Å². The van der Waals surface area contributed by atoms with Crippen LogP contribution in [0.1, 0.15) is 30.4 Å². The van der Waals surface area contributed by atoms with E-state index < -0.39 is 16.0 Å². The molecule has 0 amide bonds. The molecule has 0 aromatic heterocycles. The van der Waals surface area contributed by atoms with Gasteiger partial charge in [0.15, 0.2) is 0 Å². The molecule has 0 fully saturated rings. The van der Waals surface area contributed by atoms with Crippen LogP contribution in [-0.2, 0) is 35.5 Å². The van der Waals surface area contributed by atoms with E-state index in [0.29, 0.717) is 12.1 Å². The molecule has 0 aliphatic carbocycles. The van der Waals surface area contributed by atoms with Crippen molar-refractivity contribution in [2.24, 2.45) is 0 Å². The first kappa shape index (κ1) is 31.5. The number of esters is 2. The molecule has 0 atom stereocenters. The Morgan fingerprint density at radius 3 is 1.97 bits per heavy atom. The molecule has 0 bridgehead atoms. The first-order valence-corrected chi connectivity index (χ1v) is 14.8. The highest BCUT2D eigenvalue weighted by Gasteiger charge is 2.25. The number of halogens is 2. The molecule has 7 nitrogen and oxygen atoms in total. The molecule has 0 N–H and O–H groups in total. The molecular formula is C28H31Br2NO6S. The number of hydrogen-bond donors (Lipinski definition) is 0. The number of methoxy groups -OCH3 is 2. The summed E-state index contributed by atoms with van der Waals surface area (Å²) in [6.45, 7) is 1.89. The lowest BCUT2D eigenvalue weighted by Gasteiger charge is -2.24. The van der Waals surface area contributed by atoms with Crippen molar-refractivity contribution in [3.8, 4) is 0 Å². The van der Waals surface area contributed by atoms with E-state index in [1.165, 1.54) is 24.1 Å². The Kier molecular flexibility index (Phi) is 13.0. The second kappa shape index (κ2) is 15.7. The van der Waals surface area contributed by atoms with Crippen LogP contribution in [-0.4, -0.2) is 41.1 Å². The predicted molar refractivity (Wildman–Crippen MR) is 156 cm³/mol. The molecule has 3 aromatic carbocycles. The van der Waals surface area contributed by atoms with Crippen molar-refractivity contribution in [3.63, 3.8) is 0 Å². The second-order valence-corrected chi connectivity index (χ2v) is 11.9. The Balaban J connectivity index is 0.000000308. The van der Waals surface area contributed by atoms with Crippen molar-refractivity contribution in [2.45, 2.75) is 37.5 Å². The molecule has 0 saturated carbocycles. The number of aryl methyl sites for hydroxylation is 2. The average molecular weight is 669 g/mol. The number of carbonyl (C=O) groups is 2. The smallest absolute Gasteiger partial charge is 0.307 e. The lowest BCUT2D eigenvalue weighted by molar-refractivity contribution is -0.141. The quantitative estimate of drug-likeness (QED) is 0.230. The van der Waals surface area contributed by atoms with Crippen LogP contribution in [0, 0.1) is 6.92 Å². The van der Waals surface area contributed by atoms with Gasteiger partial charge in [0.25, 0.3) is 10.0 Å². The van der Waals surface area contributed by atoms with Crippen molar-refractivity contribution < 1.29 is 27.5 Å². The van der Waals surface area contributed by atoms with Gasteiger partial charge in [0.1, 0.15) is 0 Å².